The molecule has 1 heterocycles. The van der Waals surface area contributed by atoms with Crippen molar-refractivity contribution in [1.29, 1.82) is 0 Å². The molecule has 1 unspecified atom stereocenters. The van der Waals surface area contributed by atoms with Crippen molar-refractivity contribution in [1.82, 2.24) is 4.90 Å². The summed E-state index contributed by atoms with van der Waals surface area (Å²) >= 11 is 0. The third-order valence-electron chi connectivity index (χ3n) is 5.00. The summed E-state index contributed by atoms with van der Waals surface area (Å²) in [5.74, 6) is 1.45. The van der Waals surface area contributed by atoms with Crippen molar-refractivity contribution in [2.45, 2.75) is 51.5 Å². The number of aromatic hydroxyl groups is 1. The fourth-order valence-corrected chi connectivity index (χ4v) is 3.95. The van der Waals surface area contributed by atoms with Crippen molar-refractivity contribution in [2.75, 3.05) is 13.1 Å². The first kappa shape index (κ1) is 13.0. The molecule has 2 heteroatoms. The monoisotopic (exact) mass is 259 g/mol. The van der Waals surface area contributed by atoms with E-state index in [9.17, 15) is 5.11 Å². The van der Waals surface area contributed by atoms with Crippen LogP contribution in [-0.2, 0) is 6.42 Å². The number of hydrogen-bond acceptors (Lipinski definition) is 2. The molecule has 1 fully saturated rings. The molecule has 2 aliphatic rings. The van der Waals surface area contributed by atoms with Gasteiger partial charge in [0.15, 0.2) is 0 Å². The molecule has 1 aliphatic carbocycles. The largest absolute Gasteiger partial charge is 0.508 e. The number of fused-ring (bicyclic) bond motifs is 1. The Hall–Kier alpha value is -1.02. The number of phenolic OH excluding ortho intramolecular Hbond substituents is 1. The number of benzene rings is 1. The van der Waals surface area contributed by atoms with Crippen molar-refractivity contribution in [3.8, 4) is 5.75 Å². The van der Waals surface area contributed by atoms with E-state index in [1.807, 2.05) is 12.1 Å². The second-order valence-electron chi connectivity index (χ2n) is 6.17. The fraction of sp³-hybridized carbons (Fsp3) is 0.647. The van der Waals surface area contributed by atoms with Gasteiger partial charge in [-0.05, 0) is 61.9 Å². The second-order valence-corrected chi connectivity index (χ2v) is 6.17. The van der Waals surface area contributed by atoms with Crippen LogP contribution in [0.4, 0.5) is 0 Å². The molecule has 1 aliphatic heterocycles. The Morgan fingerprint density at radius 3 is 2.74 bits per heavy atom. The van der Waals surface area contributed by atoms with Crippen molar-refractivity contribution < 1.29 is 5.11 Å². The molecule has 19 heavy (non-hydrogen) atoms. The Labute approximate surface area is 116 Å². The van der Waals surface area contributed by atoms with E-state index in [1.165, 1.54) is 56.3 Å². The number of piperidine rings is 1. The molecule has 0 bridgehead atoms. The van der Waals surface area contributed by atoms with Gasteiger partial charge in [0.2, 0.25) is 0 Å². The maximum absolute atomic E-state index is 9.94. The highest BCUT2D eigenvalue weighted by Gasteiger charge is 2.31. The van der Waals surface area contributed by atoms with Crippen LogP contribution in [0.1, 0.15) is 56.2 Å². The summed E-state index contributed by atoms with van der Waals surface area (Å²) in [6.45, 7) is 4.78. The van der Waals surface area contributed by atoms with E-state index in [0.717, 1.165) is 12.3 Å². The van der Waals surface area contributed by atoms with Crippen LogP contribution >= 0.6 is 0 Å². The molecule has 1 aromatic carbocycles. The molecule has 1 N–H and O–H groups in total. The second kappa shape index (κ2) is 5.54. The lowest BCUT2D eigenvalue weighted by molar-refractivity contribution is 0.128. The molecule has 1 aromatic rings. The number of hydrogen-bond donors (Lipinski definition) is 1. The van der Waals surface area contributed by atoms with E-state index < -0.39 is 0 Å². The third kappa shape index (κ3) is 2.51. The van der Waals surface area contributed by atoms with Crippen LogP contribution in [-0.4, -0.2) is 23.1 Å². The molecular formula is C17H25NO. The predicted molar refractivity (Wildman–Crippen MR) is 78.4 cm³/mol. The first-order valence-electron chi connectivity index (χ1n) is 7.84. The summed E-state index contributed by atoms with van der Waals surface area (Å²) in [6.07, 6.45) is 7.67. The van der Waals surface area contributed by atoms with E-state index >= 15 is 0 Å². The number of likely N-dealkylation sites (tertiary alicyclic amines) is 1. The normalized spacial score (nSPS) is 24.6. The summed E-state index contributed by atoms with van der Waals surface area (Å²) in [5.41, 5.74) is 2.58. The first-order chi connectivity index (χ1) is 9.29. The zero-order valence-corrected chi connectivity index (χ0v) is 11.9. The van der Waals surface area contributed by atoms with E-state index in [0.29, 0.717) is 11.8 Å². The Balaban J connectivity index is 1.68. The lowest BCUT2D eigenvalue weighted by Gasteiger charge is -2.36. The number of rotatable bonds is 3. The van der Waals surface area contributed by atoms with Crippen LogP contribution in [0.2, 0.25) is 0 Å². The summed E-state index contributed by atoms with van der Waals surface area (Å²) < 4.78 is 0. The van der Waals surface area contributed by atoms with E-state index in [2.05, 4.69) is 17.9 Å². The lowest BCUT2D eigenvalue weighted by Crippen LogP contribution is -2.36. The quantitative estimate of drug-likeness (QED) is 0.890. The van der Waals surface area contributed by atoms with Gasteiger partial charge in [0.25, 0.3) is 0 Å². The van der Waals surface area contributed by atoms with Crippen LogP contribution in [0, 0.1) is 5.92 Å². The van der Waals surface area contributed by atoms with Crippen LogP contribution in [0.15, 0.2) is 18.2 Å². The summed E-state index contributed by atoms with van der Waals surface area (Å²) in [5, 5.41) is 9.94. The van der Waals surface area contributed by atoms with E-state index in [1.54, 1.807) is 0 Å². The zero-order valence-electron chi connectivity index (χ0n) is 11.9. The fourth-order valence-electron chi connectivity index (χ4n) is 3.95. The van der Waals surface area contributed by atoms with Crippen molar-refractivity contribution >= 4 is 0 Å². The van der Waals surface area contributed by atoms with Gasteiger partial charge in [0.1, 0.15) is 5.75 Å². The number of nitrogens with zero attached hydrogens (tertiary/aromatic N) is 1. The molecule has 0 spiro atoms. The molecule has 0 aromatic heterocycles. The van der Waals surface area contributed by atoms with Gasteiger partial charge in [-0.15, -0.1) is 0 Å². The molecule has 1 saturated heterocycles. The van der Waals surface area contributed by atoms with Gasteiger partial charge in [-0.3, -0.25) is 4.90 Å². The maximum atomic E-state index is 9.94. The van der Waals surface area contributed by atoms with Gasteiger partial charge >= 0.3 is 0 Å². The van der Waals surface area contributed by atoms with Crippen molar-refractivity contribution in [2.24, 2.45) is 5.92 Å². The zero-order chi connectivity index (χ0) is 13.2. The molecule has 0 radical (unpaired) electrons. The molecule has 0 saturated carbocycles. The molecule has 104 valence electrons. The highest BCUT2D eigenvalue weighted by Crippen LogP contribution is 2.41. The van der Waals surface area contributed by atoms with E-state index in [4.69, 9.17) is 0 Å². The van der Waals surface area contributed by atoms with Crippen LogP contribution in [0.25, 0.3) is 0 Å². The van der Waals surface area contributed by atoms with Gasteiger partial charge in [-0.25, -0.2) is 0 Å². The van der Waals surface area contributed by atoms with Gasteiger partial charge in [-0.1, -0.05) is 31.9 Å². The molecular weight excluding hydrogens is 234 g/mol. The van der Waals surface area contributed by atoms with Gasteiger partial charge in [0.05, 0.1) is 0 Å². The van der Waals surface area contributed by atoms with Crippen molar-refractivity contribution in [3.63, 3.8) is 0 Å². The SMILES string of the molecule is CCCC1CCN(C2CCc3c(O)cccc32)CC1. The van der Waals surface area contributed by atoms with Crippen LogP contribution < -0.4 is 0 Å². The highest BCUT2D eigenvalue weighted by atomic mass is 16.3. The third-order valence-corrected chi connectivity index (χ3v) is 5.00. The average Bonchev–Trinajstić information content (AvgIpc) is 2.85. The lowest BCUT2D eigenvalue weighted by atomic mass is 9.91. The Kier molecular flexibility index (Phi) is 3.79. The summed E-state index contributed by atoms with van der Waals surface area (Å²) in [4.78, 5) is 2.65. The number of phenols is 1. The minimum Gasteiger partial charge on any atom is -0.508 e. The molecule has 1 atom stereocenters. The topological polar surface area (TPSA) is 23.5 Å². The Morgan fingerprint density at radius 2 is 2.00 bits per heavy atom. The smallest absolute Gasteiger partial charge is 0.119 e. The first-order valence-corrected chi connectivity index (χ1v) is 7.84. The van der Waals surface area contributed by atoms with E-state index in [-0.39, 0.29) is 0 Å². The standard InChI is InChI=1S/C17H25NO/c1-2-4-13-9-11-18(12-10-13)16-8-7-15-14(16)5-3-6-17(15)19/h3,5-6,13,16,19H,2,4,7-12H2,1H3. The molecule has 3 rings (SSSR count). The predicted octanol–water partition coefficient (Wildman–Crippen LogP) is 3.89. The molecule has 2 nitrogen and oxygen atoms in total. The van der Waals surface area contributed by atoms with Crippen molar-refractivity contribution in [3.05, 3.63) is 29.3 Å². The Morgan fingerprint density at radius 1 is 1.21 bits per heavy atom. The maximum Gasteiger partial charge on any atom is 0.119 e. The minimum absolute atomic E-state index is 0.501. The van der Waals surface area contributed by atoms with Gasteiger partial charge in [0, 0.05) is 6.04 Å². The average molecular weight is 259 g/mol. The highest BCUT2D eigenvalue weighted by molar-refractivity contribution is 5.44. The van der Waals surface area contributed by atoms with Gasteiger partial charge < -0.3 is 5.11 Å². The molecule has 0 amide bonds. The summed E-state index contributed by atoms with van der Waals surface area (Å²) in [7, 11) is 0. The van der Waals surface area contributed by atoms with Crippen LogP contribution in [0.5, 0.6) is 5.75 Å². The van der Waals surface area contributed by atoms with Gasteiger partial charge in [-0.2, -0.15) is 0 Å². The summed E-state index contributed by atoms with van der Waals surface area (Å²) in [6, 6.07) is 6.60. The van der Waals surface area contributed by atoms with Crippen LogP contribution in [0.3, 0.4) is 0 Å². The Bertz CT molecular complexity index is 435. The minimum atomic E-state index is 0.501.